The zero-order valence-corrected chi connectivity index (χ0v) is 7.08. The molecule has 0 aromatic rings. The summed E-state index contributed by atoms with van der Waals surface area (Å²) in [5.74, 6) is -2.52. The van der Waals surface area contributed by atoms with Gasteiger partial charge in [-0.1, -0.05) is 0 Å². The quantitative estimate of drug-likeness (QED) is 0.609. The summed E-state index contributed by atoms with van der Waals surface area (Å²) in [6, 6.07) is 0. The number of halogens is 1. The normalized spacial score (nSPS) is 15.9. The second-order valence-electron chi connectivity index (χ2n) is 2.69. The van der Waals surface area contributed by atoms with Crippen molar-refractivity contribution in [1.82, 2.24) is 5.32 Å². The third-order valence-electron chi connectivity index (χ3n) is 1.82. The molecule has 0 fully saturated rings. The highest BCUT2D eigenvalue weighted by Crippen LogP contribution is 2.19. The molecule has 0 unspecified atom stereocenters. The van der Waals surface area contributed by atoms with Gasteiger partial charge < -0.3 is 15.5 Å². The van der Waals surface area contributed by atoms with Crippen molar-refractivity contribution in [1.29, 1.82) is 0 Å². The van der Waals surface area contributed by atoms with Crippen molar-refractivity contribution in [2.75, 3.05) is 6.67 Å². The molecular weight excluding hydrogens is 193 g/mol. The van der Waals surface area contributed by atoms with E-state index in [9.17, 15) is 14.0 Å². The lowest BCUT2D eigenvalue weighted by Gasteiger charge is -2.15. The van der Waals surface area contributed by atoms with Gasteiger partial charge in [-0.15, -0.1) is 0 Å². The minimum atomic E-state index is -1.31. The summed E-state index contributed by atoms with van der Waals surface area (Å²) in [7, 11) is 0. The van der Waals surface area contributed by atoms with Crippen LogP contribution in [-0.2, 0) is 9.59 Å². The second kappa shape index (κ2) is 3.91. The molecule has 1 heterocycles. The fourth-order valence-corrected chi connectivity index (χ4v) is 1.07. The van der Waals surface area contributed by atoms with Crippen LogP contribution in [-0.4, -0.2) is 28.8 Å². The van der Waals surface area contributed by atoms with Gasteiger partial charge in [-0.05, 0) is 0 Å². The van der Waals surface area contributed by atoms with Gasteiger partial charge in [0.15, 0.2) is 0 Å². The van der Waals surface area contributed by atoms with Gasteiger partial charge in [0.1, 0.15) is 6.67 Å². The molecule has 0 aliphatic carbocycles. The van der Waals surface area contributed by atoms with Crippen LogP contribution in [0.15, 0.2) is 23.0 Å². The predicted octanol–water partition coefficient (Wildman–Crippen LogP) is 0.256. The van der Waals surface area contributed by atoms with Crippen LogP contribution < -0.4 is 5.32 Å². The Hall–Kier alpha value is -1.85. The lowest BCUT2D eigenvalue weighted by Crippen LogP contribution is -2.23. The molecule has 1 aliphatic heterocycles. The summed E-state index contributed by atoms with van der Waals surface area (Å²) in [6.07, 6.45) is 0.834. The molecule has 6 heteroatoms. The number of allylic oxidation sites excluding steroid dienone is 1. The average Bonchev–Trinajstić information content (AvgIpc) is 2.16. The van der Waals surface area contributed by atoms with Crippen molar-refractivity contribution in [3.63, 3.8) is 0 Å². The van der Waals surface area contributed by atoms with Crippen molar-refractivity contribution in [2.24, 2.45) is 0 Å². The fraction of sp³-hybridized carbons (Fsp3) is 0.250. The van der Waals surface area contributed by atoms with Gasteiger partial charge in [-0.25, -0.2) is 14.0 Å². The molecule has 0 radical (unpaired) electrons. The van der Waals surface area contributed by atoms with Crippen LogP contribution in [0.25, 0.3) is 0 Å². The first-order valence-corrected chi connectivity index (χ1v) is 3.76. The number of hydrogen-bond donors (Lipinski definition) is 3. The standard InChI is InChI=1S/C8H8FNO4/c9-2-6-5(8(13)14)1-4(3-10-6)7(11)12/h3,10H,1-2H2,(H,11,12)(H,13,14). The molecule has 0 amide bonds. The number of nitrogens with one attached hydrogen (secondary N) is 1. The monoisotopic (exact) mass is 201 g/mol. The van der Waals surface area contributed by atoms with Gasteiger partial charge >= 0.3 is 11.9 Å². The zero-order valence-electron chi connectivity index (χ0n) is 7.08. The third kappa shape index (κ3) is 1.90. The van der Waals surface area contributed by atoms with Gasteiger partial charge in [0.05, 0.1) is 16.8 Å². The summed E-state index contributed by atoms with van der Waals surface area (Å²) in [4.78, 5) is 21.1. The first kappa shape index (κ1) is 10.2. The number of alkyl halides is 1. The van der Waals surface area contributed by atoms with E-state index in [1.807, 2.05) is 0 Å². The molecular formula is C8H8FNO4. The first-order chi connectivity index (χ1) is 6.56. The number of carboxylic acid groups (broad SMARTS) is 2. The van der Waals surface area contributed by atoms with E-state index in [4.69, 9.17) is 10.2 Å². The van der Waals surface area contributed by atoms with Gasteiger partial charge in [0.25, 0.3) is 0 Å². The maximum absolute atomic E-state index is 12.3. The minimum Gasteiger partial charge on any atom is -0.478 e. The van der Waals surface area contributed by atoms with Gasteiger partial charge in [0, 0.05) is 12.6 Å². The highest BCUT2D eigenvalue weighted by Gasteiger charge is 2.22. The van der Waals surface area contributed by atoms with E-state index in [1.165, 1.54) is 0 Å². The van der Waals surface area contributed by atoms with E-state index in [1.54, 1.807) is 0 Å². The summed E-state index contributed by atoms with van der Waals surface area (Å²) in [5, 5.41) is 19.5. The van der Waals surface area contributed by atoms with E-state index in [0.29, 0.717) is 0 Å². The Bertz CT molecular complexity index is 345. The smallest absolute Gasteiger partial charge is 0.333 e. The molecule has 0 spiro atoms. The van der Waals surface area contributed by atoms with Gasteiger partial charge in [-0.3, -0.25) is 0 Å². The van der Waals surface area contributed by atoms with Gasteiger partial charge in [-0.2, -0.15) is 0 Å². The fourth-order valence-electron chi connectivity index (χ4n) is 1.07. The lowest BCUT2D eigenvalue weighted by molar-refractivity contribution is -0.133. The van der Waals surface area contributed by atoms with E-state index in [-0.39, 0.29) is 23.3 Å². The summed E-state index contributed by atoms with van der Waals surface area (Å²) in [5.41, 5.74) is -0.436. The number of carbonyl (C=O) groups is 2. The number of aliphatic carboxylic acids is 2. The van der Waals surface area contributed by atoms with Crippen LogP contribution >= 0.6 is 0 Å². The number of hydrogen-bond acceptors (Lipinski definition) is 3. The molecule has 0 bridgehead atoms. The van der Waals surface area contributed by atoms with Crippen LogP contribution in [0.4, 0.5) is 4.39 Å². The number of rotatable bonds is 3. The van der Waals surface area contributed by atoms with E-state index < -0.39 is 18.6 Å². The predicted molar refractivity (Wildman–Crippen MR) is 44.1 cm³/mol. The van der Waals surface area contributed by atoms with Crippen molar-refractivity contribution >= 4 is 11.9 Å². The topological polar surface area (TPSA) is 86.6 Å². The van der Waals surface area contributed by atoms with Crippen LogP contribution in [0.5, 0.6) is 0 Å². The second-order valence-corrected chi connectivity index (χ2v) is 2.69. The van der Waals surface area contributed by atoms with E-state index in [0.717, 1.165) is 6.20 Å². The molecule has 0 saturated heterocycles. The Morgan fingerprint density at radius 2 is 2.07 bits per heavy atom. The number of carboxylic acids is 2. The van der Waals surface area contributed by atoms with Crippen LogP contribution in [0.3, 0.4) is 0 Å². The summed E-state index contributed by atoms with van der Waals surface area (Å²) in [6.45, 7) is -0.953. The zero-order chi connectivity index (χ0) is 10.7. The Morgan fingerprint density at radius 3 is 2.50 bits per heavy atom. The molecule has 0 aromatic heterocycles. The number of dihydropyridines is 1. The SMILES string of the molecule is O=C(O)C1=CNC(CF)=C(C(=O)O)C1. The van der Waals surface area contributed by atoms with Crippen molar-refractivity contribution in [3.8, 4) is 0 Å². The average molecular weight is 201 g/mol. The Balaban J connectivity index is 2.92. The minimum absolute atomic E-state index is 0.0949. The van der Waals surface area contributed by atoms with Crippen molar-refractivity contribution in [2.45, 2.75) is 6.42 Å². The molecule has 1 rings (SSSR count). The Morgan fingerprint density at radius 1 is 1.43 bits per heavy atom. The summed E-state index contributed by atoms with van der Waals surface area (Å²) < 4.78 is 12.3. The molecule has 0 atom stereocenters. The third-order valence-corrected chi connectivity index (χ3v) is 1.82. The lowest BCUT2D eigenvalue weighted by atomic mass is 10.0. The highest BCUT2D eigenvalue weighted by molar-refractivity contribution is 5.94. The Labute approximate surface area is 78.5 Å². The first-order valence-electron chi connectivity index (χ1n) is 3.76. The van der Waals surface area contributed by atoms with E-state index in [2.05, 4.69) is 5.32 Å². The van der Waals surface area contributed by atoms with Crippen LogP contribution in [0.1, 0.15) is 6.42 Å². The van der Waals surface area contributed by atoms with Crippen LogP contribution in [0.2, 0.25) is 0 Å². The highest BCUT2D eigenvalue weighted by atomic mass is 19.1. The summed E-state index contributed by atoms with van der Waals surface area (Å²) >= 11 is 0. The largest absolute Gasteiger partial charge is 0.478 e. The maximum Gasteiger partial charge on any atom is 0.333 e. The molecule has 1 aliphatic rings. The molecule has 5 nitrogen and oxygen atoms in total. The Kier molecular flexibility index (Phi) is 2.85. The van der Waals surface area contributed by atoms with E-state index >= 15 is 0 Å². The van der Waals surface area contributed by atoms with Crippen molar-refractivity contribution in [3.05, 3.63) is 23.0 Å². The molecule has 0 aromatic carbocycles. The van der Waals surface area contributed by atoms with Crippen LogP contribution in [0, 0.1) is 0 Å². The molecule has 76 valence electrons. The van der Waals surface area contributed by atoms with Crippen molar-refractivity contribution < 1.29 is 24.2 Å². The molecule has 3 N–H and O–H groups in total. The molecule has 14 heavy (non-hydrogen) atoms. The maximum atomic E-state index is 12.3. The molecule has 0 saturated carbocycles. The van der Waals surface area contributed by atoms with Gasteiger partial charge in [0.2, 0.25) is 0 Å².